The highest BCUT2D eigenvalue weighted by molar-refractivity contribution is 8.08. The predicted octanol–water partition coefficient (Wildman–Crippen LogP) is 3.28. The first-order valence-corrected chi connectivity index (χ1v) is 6.39. The van der Waals surface area contributed by atoms with Crippen LogP contribution in [0.1, 0.15) is 25.7 Å². The fourth-order valence-electron chi connectivity index (χ4n) is 1.53. The van der Waals surface area contributed by atoms with Gasteiger partial charge in [-0.15, -0.1) is 0 Å². The molecule has 2 atom stereocenters. The molecule has 0 amide bonds. The summed E-state index contributed by atoms with van der Waals surface area (Å²) in [7, 11) is 0. The minimum Gasteiger partial charge on any atom is -0.185 e. The van der Waals surface area contributed by atoms with Crippen molar-refractivity contribution in [2.75, 3.05) is 0 Å². The maximum absolute atomic E-state index is 8.67. The zero-order chi connectivity index (χ0) is 10.2. The van der Waals surface area contributed by atoms with Crippen LogP contribution in [0.15, 0.2) is 12.2 Å². The molecule has 2 unspecified atom stereocenters. The number of hydrogen-bond acceptors (Lipinski definition) is 4. The van der Waals surface area contributed by atoms with E-state index in [1.54, 1.807) is 0 Å². The second kappa shape index (κ2) is 6.81. The molecule has 4 heteroatoms. The van der Waals surface area contributed by atoms with Crippen molar-refractivity contribution in [1.29, 1.82) is 10.5 Å². The van der Waals surface area contributed by atoms with Gasteiger partial charge in [-0.1, -0.05) is 12.2 Å². The molecule has 0 spiro atoms. The average Bonchev–Trinajstić information content (AvgIpc) is 2.16. The second-order valence-electron chi connectivity index (χ2n) is 3.12. The summed E-state index contributed by atoms with van der Waals surface area (Å²) in [6.45, 7) is 0. The Morgan fingerprint density at radius 2 is 1.36 bits per heavy atom. The highest BCUT2D eigenvalue weighted by Gasteiger charge is 2.22. The SMILES string of the molecule is N#CSC1CCC=CCCC1SC#N. The van der Waals surface area contributed by atoms with Crippen LogP contribution in [-0.4, -0.2) is 10.5 Å². The van der Waals surface area contributed by atoms with Gasteiger partial charge in [0.15, 0.2) is 0 Å². The third-order valence-electron chi connectivity index (χ3n) is 2.23. The van der Waals surface area contributed by atoms with Gasteiger partial charge in [0.2, 0.25) is 0 Å². The topological polar surface area (TPSA) is 47.6 Å². The summed E-state index contributed by atoms with van der Waals surface area (Å²) in [5, 5.41) is 22.3. The van der Waals surface area contributed by atoms with Crippen LogP contribution < -0.4 is 0 Å². The molecule has 0 heterocycles. The van der Waals surface area contributed by atoms with Gasteiger partial charge in [-0.3, -0.25) is 0 Å². The number of thioether (sulfide) groups is 2. The average molecular weight is 224 g/mol. The molecule has 0 bridgehead atoms. The van der Waals surface area contributed by atoms with Gasteiger partial charge in [0.1, 0.15) is 10.8 Å². The van der Waals surface area contributed by atoms with E-state index in [1.807, 2.05) is 0 Å². The zero-order valence-corrected chi connectivity index (χ0v) is 9.48. The number of hydrogen-bond donors (Lipinski definition) is 0. The Balaban J connectivity index is 2.59. The minimum absolute atomic E-state index is 0.314. The Bertz CT molecular complexity index is 247. The molecule has 0 fully saturated rings. The molecule has 2 nitrogen and oxygen atoms in total. The van der Waals surface area contributed by atoms with Gasteiger partial charge in [0, 0.05) is 10.5 Å². The lowest BCUT2D eigenvalue weighted by molar-refractivity contribution is 0.671. The van der Waals surface area contributed by atoms with Crippen LogP contribution in [0.4, 0.5) is 0 Å². The molecule has 0 radical (unpaired) electrons. The van der Waals surface area contributed by atoms with Crippen molar-refractivity contribution in [3.63, 3.8) is 0 Å². The fraction of sp³-hybridized carbons (Fsp3) is 0.600. The summed E-state index contributed by atoms with van der Waals surface area (Å²) in [5.41, 5.74) is 0. The summed E-state index contributed by atoms with van der Waals surface area (Å²) in [4.78, 5) is 0. The first-order chi connectivity index (χ1) is 6.88. The molecule has 0 aromatic heterocycles. The van der Waals surface area contributed by atoms with Gasteiger partial charge >= 0.3 is 0 Å². The Morgan fingerprint density at radius 3 is 1.71 bits per heavy atom. The molecule has 0 aliphatic heterocycles. The molecule has 14 heavy (non-hydrogen) atoms. The molecular formula is C10H12N2S2. The van der Waals surface area contributed by atoms with Crippen LogP contribution in [0.25, 0.3) is 0 Å². The summed E-state index contributed by atoms with van der Waals surface area (Å²) < 4.78 is 0. The first-order valence-electron chi connectivity index (χ1n) is 4.63. The Morgan fingerprint density at radius 1 is 0.929 bits per heavy atom. The first kappa shape index (κ1) is 11.5. The molecular weight excluding hydrogens is 212 g/mol. The maximum atomic E-state index is 8.67. The second-order valence-corrected chi connectivity index (χ2v) is 5.17. The monoisotopic (exact) mass is 224 g/mol. The molecule has 1 rings (SSSR count). The third-order valence-corrected chi connectivity index (χ3v) is 4.34. The zero-order valence-electron chi connectivity index (χ0n) is 7.85. The van der Waals surface area contributed by atoms with Crippen LogP contribution in [0.5, 0.6) is 0 Å². The van der Waals surface area contributed by atoms with Crippen LogP contribution in [0, 0.1) is 21.3 Å². The normalized spacial score (nSPS) is 27.0. The molecule has 0 aromatic rings. The highest BCUT2D eigenvalue weighted by Crippen LogP contribution is 2.31. The number of nitriles is 2. The van der Waals surface area contributed by atoms with Crippen LogP contribution in [0.3, 0.4) is 0 Å². The summed E-state index contributed by atoms with van der Waals surface area (Å²) in [6.07, 6.45) is 8.43. The number of allylic oxidation sites excluding steroid dienone is 2. The van der Waals surface area contributed by atoms with Gasteiger partial charge in [0.25, 0.3) is 0 Å². The summed E-state index contributed by atoms with van der Waals surface area (Å²) in [5.74, 6) is 0. The van der Waals surface area contributed by atoms with Crippen molar-refractivity contribution < 1.29 is 0 Å². The summed E-state index contributed by atoms with van der Waals surface area (Å²) >= 11 is 2.65. The van der Waals surface area contributed by atoms with Crippen molar-refractivity contribution in [3.8, 4) is 10.8 Å². The van der Waals surface area contributed by atoms with E-state index in [9.17, 15) is 0 Å². The van der Waals surface area contributed by atoms with Gasteiger partial charge in [-0.05, 0) is 49.2 Å². The molecule has 1 aliphatic rings. The van der Waals surface area contributed by atoms with E-state index in [2.05, 4.69) is 23.0 Å². The maximum Gasteiger partial charge on any atom is 0.133 e. The lowest BCUT2D eigenvalue weighted by Gasteiger charge is -2.21. The van der Waals surface area contributed by atoms with Crippen LogP contribution >= 0.6 is 23.5 Å². The van der Waals surface area contributed by atoms with Crippen LogP contribution in [-0.2, 0) is 0 Å². The molecule has 74 valence electrons. The van der Waals surface area contributed by atoms with Gasteiger partial charge in [-0.25, -0.2) is 0 Å². The fourth-order valence-corrected chi connectivity index (χ4v) is 3.22. The lowest BCUT2D eigenvalue weighted by Crippen LogP contribution is -2.20. The largest absolute Gasteiger partial charge is 0.185 e. The minimum atomic E-state index is 0.314. The number of rotatable bonds is 2. The van der Waals surface area contributed by atoms with E-state index < -0.39 is 0 Å². The van der Waals surface area contributed by atoms with E-state index in [1.165, 1.54) is 23.5 Å². The lowest BCUT2D eigenvalue weighted by atomic mass is 10.1. The van der Waals surface area contributed by atoms with Crippen molar-refractivity contribution in [2.24, 2.45) is 0 Å². The molecule has 1 aliphatic carbocycles. The number of nitrogens with zero attached hydrogens (tertiary/aromatic N) is 2. The standard InChI is InChI=1S/C10H12N2S2/c11-7-13-9-5-3-1-2-4-6-10(9)14-8-12/h1-2,9-10H,3-6H2. The Kier molecular flexibility index (Phi) is 5.59. The molecule has 0 N–H and O–H groups in total. The Hall–Kier alpha value is -0.580. The van der Waals surface area contributed by atoms with Crippen molar-refractivity contribution >= 4 is 23.5 Å². The number of thiocyanates is 2. The Labute approximate surface area is 93.4 Å². The summed E-state index contributed by atoms with van der Waals surface area (Å²) in [6, 6.07) is 0. The van der Waals surface area contributed by atoms with Crippen molar-refractivity contribution in [3.05, 3.63) is 12.2 Å². The highest BCUT2D eigenvalue weighted by atomic mass is 32.2. The van der Waals surface area contributed by atoms with Gasteiger partial charge < -0.3 is 0 Å². The van der Waals surface area contributed by atoms with E-state index in [0.29, 0.717) is 10.5 Å². The quantitative estimate of drug-likeness (QED) is 0.533. The predicted molar refractivity (Wildman–Crippen MR) is 61.6 cm³/mol. The van der Waals surface area contributed by atoms with Gasteiger partial charge in [-0.2, -0.15) is 10.5 Å². The van der Waals surface area contributed by atoms with E-state index >= 15 is 0 Å². The van der Waals surface area contributed by atoms with Crippen molar-refractivity contribution in [1.82, 2.24) is 0 Å². The van der Waals surface area contributed by atoms with E-state index in [0.717, 1.165) is 25.7 Å². The smallest absolute Gasteiger partial charge is 0.133 e. The molecule has 0 saturated heterocycles. The van der Waals surface area contributed by atoms with Crippen LogP contribution in [0.2, 0.25) is 0 Å². The van der Waals surface area contributed by atoms with E-state index in [-0.39, 0.29) is 0 Å². The van der Waals surface area contributed by atoms with Gasteiger partial charge in [0.05, 0.1) is 0 Å². The van der Waals surface area contributed by atoms with Crippen molar-refractivity contribution in [2.45, 2.75) is 36.2 Å². The molecule has 0 aromatic carbocycles. The molecule has 0 saturated carbocycles. The van der Waals surface area contributed by atoms with E-state index in [4.69, 9.17) is 10.5 Å². The third kappa shape index (κ3) is 3.65.